The molecule has 0 spiro atoms. The van der Waals surface area contributed by atoms with E-state index in [1.165, 1.54) is 44.9 Å². The maximum Gasteiger partial charge on any atom is 0.224 e. The van der Waals surface area contributed by atoms with E-state index in [4.69, 9.17) is 0 Å². The molecule has 6 saturated carbocycles. The lowest BCUT2D eigenvalue weighted by molar-refractivity contribution is -0.137. The zero-order chi connectivity index (χ0) is 22.6. The van der Waals surface area contributed by atoms with Crippen LogP contribution in [0.3, 0.4) is 0 Å². The molecule has 0 unspecified atom stereocenters. The van der Waals surface area contributed by atoms with Gasteiger partial charge in [0.1, 0.15) is 0 Å². The Balaban J connectivity index is 1.11. The molecule has 2 N–H and O–H groups in total. The average molecular weight is 449 g/mol. The first kappa shape index (κ1) is 20.8. The second kappa shape index (κ2) is 6.76. The summed E-state index contributed by atoms with van der Waals surface area (Å²) in [6, 6.07) is 0. The number of nitrogens with one attached hydrogen (secondary N) is 2. The fraction of sp³-hybridized carbons (Fsp3) is 0.793. The van der Waals surface area contributed by atoms with Crippen molar-refractivity contribution in [2.45, 2.75) is 83.6 Å². The summed E-state index contributed by atoms with van der Waals surface area (Å²) in [6.45, 7) is 5.72. The summed E-state index contributed by atoms with van der Waals surface area (Å²) in [7, 11) is 0. The number of carbonyl (C=O) groups is 2. The van der Waals surface area contributed by atoms with E-state index in [1.54, 1.807) is 6.08 Å². The predicted molar refractivity (Wildman–Crippen MR) is 128 cm³/mol. The van der Waals surface area contributed by atoms with Gasteiger partial charge in [0.15, 0.2) is 5.78 Å². The summed E-state index contributed by atoms with van der Waals surface area (Å²) in [4.78, 5) is 25.9. The van der Waals surface area contributed by atoms with Gasteiger partial charge >= 0.3 is 0 Å². The standard InChI is InChI=1S/C29H40N2O2/c1-27-8-6-23-21(16-30-25-12-20(32)5-7-28(23,25)2)22(27)3-4-24(27)26(33)31-29-13-17-9-18(14-29)11-19(10-17)15-29/h5,7,12,17-19,21-24,30H,3-4,6,8-11,13-16H2,1-2H3,(H,31,33)/t17?,18?,19?,21-,22-,23-,24+,27-,28+,29?/m0/s1. The van der Waals surface area contributed by atoms with Gasteiger partial charge in [0.05, 0.1) is 0 Å². The molecule has 4 heteroatoms. The molecule has 1 saturated heterocycles. The Morgan fingerprint density at radius 1 is 1.00 bits per heavy atom. The molecule has 1 aliphatic heterocycles. The van der Waals surface area contributed by atoms with E-state index < -0.39 is 0 Å². The quantitative estimate of drug-likeness (QED) is 0.640. The number of fused-ring (bicyclic) bond motifs is 5. The predicted octanol–water partition coefficient (Wildman–Crippen LogP) is 4.76. The lowest BCUT2D eigenvalue weighted by atomic mass is 9.50. The highest BCUT2D eigenvalue weighted by Gasteiger charge is 2.61. The van der Waals surface area contributed by atoms with E-state index in [-0.39, 0.29) is 28.1 Å². The molecule has 178 valence electrons. The van der Waals surface area contributed by atoms with Crippen LogP contribution in [-0.4, -0.2) is 23.8 Å². The van der Waals surface area contributed by atoms with Crippen molar-refractivity contribution < 1.29 is 9.59 Å². The molecule has 1 heterocycles. The van der Waals surface area contributed by atoms with Gasteiger partial charge in [0.2, 0.25) is 5.91 Å². The SMILES string of the molecule is C[C@]12CC[C@H]3[C@@H](CNC4=CC(=O)C=C[C@@]43C)[C@@H]1CC[C@@H]2C(=O)NC12CC3CC(CC(C3)C1)C2. The van der Waals surface area contributed by atoms with Crippen LogP contribution >= 0.6 is 0 Å². The molecule has 0 aromatic carbocycles. The molecule has 0 aromatic heterocycles. The minimum Gasteiger partial charge on any atom is -0.387 e. The second-order valence-corrected chi connectivity index (χ2v) is 13.7. The Bertz CT molecular complexity index is 929. The number of allylic oxidation sites excluding steroid dienone is 3. The largest absolute Gasteiger partial charge is 0.387 e. The van der Waals surface area contributed by atoms with Crippen LogP contribution < -0.4 is 10.6 Å². The van der Waals surface area contributed by atoms with Crippen LogP contribution in [0.1, 0.15) is 78.1 Å². The van der Waals surface area contributed by atoms with Crippen LogP contribution in [0.2, 0.25) is 0 Å². The van der Waals surface area contributed by atoms with Crippen LogP contribution in [0, 0.1) is 52.3 Å². The van der Waals surface area contributed by atoms with Gasteiger partial charge in [-0.25, -0.2) is 0 Å². The van der Waals surface area contributed by atoms with Crippen LogP contribution in [0.15, 0.2) is 23.9 Å². The van der Waals surface area contributed by atoms with Gasteiger partial charge in [0.25, 0.3) is 0 Å². The maximum absolute atomic E-state index is 13.9. The summed E-state index contributed by atoms with van der Waals surface area (Å²) in [5, 5.41) is 7.40. The first-order chi connectivity index (χ1) is 15.8. The van der Waals surface area contributed by atoms with Crippen molar-refractivity contribution in [2.24, 2.45) is 52.3 Å². The fourth-order valence-electron chi connectivity index (χ4n) is 10.8. The van der Waals surface area contributed by atoms with Crippen molar-refractivity contribution in [3.05, 3.63) is 23.9 Å². The minimum absolute atomic E-state index is 0.0578. The molecule has 7 fully saturated rings. The summed E-state index contributed by atoms with van der Waals surface area (Å²) in [5.41, 5.74) is 1.30. The molecule has 33 heavy (non-hydrogen) atoms. The van der Waals surface area contributed by atoms with Gasteiger partial charge in [-0.2, -0.15) is 0 Å². The number of ketones is 1. The lowest BCUT2D eigenvalue weighted by Gasteiger charge is -2.58. The minimum atomic E-state index is -0.0578. The number of hydrogen-bond acceptors (Lipinski definition) is 3. The summed E-state index contributed by atoms with van der Waals surface area (Å²) < 4.78 is 0. The van der Waals surface area contributed by atoms with Gasteiger partial charge in [-0.3, -0.25) is 9.59 Å². The van der Waals surface area contributed by atoms with Gasteiger partial charge in [-0.15, -0.1) is 0 Å². The number of amides is 1. The van der Waals surface area contributed by atoms with Crippen molar-refractivity contribution >= 4 is 11.7 Å². The van der Waals surface area contributed by atoms with Gasteiger partial charge in [0, 0.05) is 35.2 Å². The van der Waals surface area contributed by atoms with Crippen LogP contribution in [0.4, 0.5) is 0 Å². The van der Waals surface area contributed by atoms with E-state index in [0.717, 1.165) is 49.3 Å². The summed E-state index contributed by atoms with van der Waals surface area (Å²) >= 11 is 0. The highest BCUT2D eigenvalue weighted by atomic mass is 16.2. The molecule has 4 nitrogen and oxygen atoms in total. The molecule has 8 aliphatic rings. The average Bonchev–Trinajstić information content (AvgIpc) is 3.10. The van der Waals surface area contributed by atoms with Crippen molar-refractivity contribution in [3.63, 3.8) is 0 Å². The Morgan fingerprint density at radius 2 is 1.70 bits per heavy atom. The molecule has 0 radical (unpaired) electrons. The molecule has 1 amide bonds. The van der Waals surface area contributed by atoms with Crippen LogP contribution in [-0.2, 0) is 9.59 Å². The Labute approximate surface area is 198 Å². The monoisotopic (exact) mass is 448 g/mol. The van der Waals surface area contributed by atoms with Gasteiger partial charge in [-0.05, 0) is 111 Å². The molecular formula is C29H40N2O2. The third-order valence-electron chi connectivity index (χ3n) is 11.9. The maximum atomic E-state index is 13.9. The van der Waals surface area contributed by atoms with Crippen LogP contribution in [0.25, 0.3) is 0 Å². The van der Waals surface area contributed by atoms with Crippen molar-refractivity contribution in [3.8, 4) is 0 Å². The zero-order valence-corrected chi connectivity index (χ0v) is 20.4. The highest BCUT2D eigenvalue weighted by molar-refractivity contribution is 6.01. The van der Waals surface area contributed by atoms with Gasteiger partial charge < -0.3 is 10.6 Å². The molecule has 0 aromatic rings. The number of rotatable bonds is 2. The smallest absolute Gasteiger partial charge is 0.224 e. The zero-order valence-electron chi connectivity index (χ0n) is 20.4. The van der Waals surface area contributed by atoms with Crippen molar-refractivity contribution in [1.29, 1.82) is 0 Å². The van der Waals surface area contributed by atoms with E-state index in [1.807, 2.05) is 6.08 Å². The van der Waals surface area contributed by atoms with E-state index in [2.05, 4.69) is 30.6 Å². The van der Waals surface area contributed by atoms with Gasteiger partial charge in [-0.1, -0.05) is 19.9 Å². The van der Waals surface area contributed by atoms with Crippen LogP contribution in [0.5, 0.6) is 0 Å². The highest BCUT2D eigenvalue weighted by Crippen LogP contribution is 2.64. The first-order valence-corrected chi connectivity index (χ1v) is 13.8. The Morgan fingerprint density at radius 3 is 2.39 bits per heavy atom. The third kappa shape index (κ3) is 2.88. The topological polar surface area (TPSA) is 58.2 Å². The first-order valence-electron chi connectivity index (χ1n) is 13.8. The second-order valence-electron chi connectivity index (χ2n) is 13.7. The summed E-state index contributed by atoms with van der Waals surface area (Å²) in [6.07, 6.45) is 18.3. The normalized spacial score (nSPS) is 53.6. The Kier molecular flexibility index (Phi) is 4.25. The number of hydrogen-bond donors (Lipinski definition) is 2. The van der Waals surface area contributed by atoms with E-state index >= 15 is 0 Å². The fourth-order valence-corrected chi connectivity index (χ4v) is 10.8. The van der Waals surface area contributed by atoms with Crippen molar-refractivity contribution in [1.82, 2.24) is 10.6 Å². The molecular weight excluding hydrogens is 408 g/mol. The number of carbonyl (C=O) groups excluding carboxylic acids is 2. The molecule has 7 aliphatic carbocycles. The van der Waals surface area contributed by atoms with E-state index in [0.29, 0.717) is 23.7 Å². The molecule has 8 rings (SSSR count). The van der Waals surface area contributed by atoms with Crippen molar-refractivity contribution in [2.75, 3.05) is 6.54 Å². The Hall–Kier alpha value is -1.58. The van der Waals surface area contributed by atoms with E-state index in [9.17, 15) is 9.59 Å². The summed E-state index contributed by atoms with van der Waals surface area (Å²) in [5.74, 6) is 5.01. The molecule has 6 atom stereocenters. The lowest BCUT2D eigenvalue weighted by Crippen LogP contribution is -2.62. The molecule has 4 bridgehead atoms. The number of piperidine rings is 1. The third-order valence-corrected chi connectivity index (χ3v) is 11.9.